The molecule has 1 unspecified atom stereocenters. The van der Waals surface area contributed by atoms with Crippen LogP contribution in [0.15, 0.2) is 30.3 Å². The first kappa shape index (κ1) is 18.0. The molecule has 0 saturated heterocycles. The van der Waals surface area contributed by atoms with Crippen molar-refractivity contribution < 1.29 is 9.90 Å². The van der Waals surface area contributed by atoms with Gasteiger partial charge in [0.15, 0.2) is 0 Å². The molecule has 2 amide bonds. The van der Waals surface area contributed by atoms with E-state index in [1.54, 1.807) is 0 Å². The molecule has 0 fully saturated rings. The minimum atomic E-state index is -0.362. The van der Waals surface area contributed by atoms with Crippen LogP contribution < -0.4 is 10.6 Å². The Bertz CT molecular complexity index is 667. The van der Waals surface area contributed by atoms with Gasteiger partial charge in [0.1, 0.15) is 0 Å². The largest absolute Gasteiger partial charge is 0.393 e. The molecule has 6 nitrogen and oxygen atoms in total. The summed E-state index contributed by atoms with van der Waals surface area (Å²) in [6.45, 7) is 6.74. The molecular weight excluding hydrogens is 304 g/mol. The number of carbonyl (C=O) groups is 1. The molecule has 0 saturated carbocycles. The number of nitrogens with zero attached hydrogens (tertiary/aromatic N) is 2. The summed E-state index contributed by atoms with van der Waals surface area (Å²) in [6.07, 6.45) is 0.896. The molecular formula is C18H26N4O2. The average molecular weight is 330 g/mol. The number of nitrogens with one attached hydrogen (secondary N) is 2. The van der Waals surface area contributed by atoms with Crippen LogP contribution in [0.1, 0.15) is 36.7 Å². The summed E-state index contributed by atoms with van der Waals surface area (Å²) < 4.78 is 1.89. The second-order valence-corrected chi connectivity index (χ2v) is 5.86. The summed E-state index contributed by atoms with van der Waals surface area (Å²) in [5.74, 6) is 0. The molecule has 2 aromatic rings. The van der Waals surface area contributed by atoms with Crippen molar-refractivity contribution in [2.75, 3.05) is 6.54 Å². The van der Waals surface area contributed by atoms with Crippen LogP contribution in [0, 0.1) is 13.8 Å². The molecule has 2 rings (SSSR count). The maximum Gasteiger partial charge on any atom is 0.315 e. The summed E-state index contributed by atoms with van der Waals surface area (Å²) in [6, 6.07) is 9.69. The van der Waals surface area contributed by atoms with Crippen molar-refractivity contribution in [2.24, 2.45) is 0 Å². The Morgan fingerprint density at radius 1 is 1.25 bits per heavy atom. The standard InChI is InChI=1S/C18H26N4O2/c1-4-16(23)10-11-19-18(24)20-12-17-13(2)21-22(14(17)3)15-8-6-5-7-9-15/h5-9,16,23H,4,10-12H2,1-3H3,(H2,19,20,24). The highest BCUT2D eigenvalue weighted by Gasteiger charge is 2.13. The van der Waals surface area contributed by atoms with Gasteiger partial charge in [-0.3, -0.25) is 0 Å². The van der Waals surface area contributed by atoms with Gasteiger partial charge < -0.3 is 15.7 Å². The van der Waals surface area contributed by atoms with Crippen molar-refractivity contribution in [1.82, 2.24) is 20.4 Å². The van der Waals surface area contributed by atoms with E-state index in [-0.39, 0.29) is 12.1 Å². The van der Waals surface area contributed by atoms with Crippen molar-refractivity contribution in [1.29, 1.82) is 0 Å². The number of hydrogen-bond acceptors (Lipinski definition) is 3. The lowest BCUT2D eigenvalue weighted by Gasteiger charge is -2.10. The van der Waals surface area contributed by atoms with Gasteiger partial charge in [-0.2, -0.15) is 5.10 Å². The van der Waals surface area contributed by atoms with Crippen molar-refractivity contribution in [2.45, 2.75) is 46.3 Å². The third kappa shape index (κ3) is 4.58. The molecule has 1 aromatic heterocycles. The van der Waals surface area contributed by atoms with Crippen LogP contribution in [0.2, 0.25) is 0 Å². The fourth-order valence-corrected chi connectivity index (χ4v) is 2.54. The Morgan fingerprint density at radius 2 is 1.96 bits per heavy atom. The van der Waals surface area contributed by atoms with Crippen LogP contribution in [0.3, 0.4) is 0 Å². The number of aliphatic hydroxyl groups is 1. The molecule has 24 heavy (non-hydrogen) atoms. The number of carbonyl (C=O) groups excluding carboxylic acids is 1. The number of amides is 2. The fraction of sp³-hybridized carbons (Fsp3) is 0.444. The number of aromatic nitrogens is 2. The van der Waals surface area contributed by atoms with E-state index in [1.807, 2.05) is 55.8 Å². The molecule has 0 aliphatic carbocycles. The van der Waals surface area contributed by atoms with E-state index < -0.39 is 0 Å². The Balaban J connectivity index is 1.94. The normalized spacial score (nSPS) is 12.0. The van der Waals surface area contributed by atoms with Gasteiger partial charge >= 0.3 is 6.03 Å². The van der Waals surface area contributed by atoms with Gasteiger partial charge in [-0.15, -0.1) is 0 Å². The summed E-state index contributed by atoms with van der Waals surface area (Å²) in [5.41, 5.74) is 3.93. The Kier molecular flexibility index (Phi) is 6.37. The third-order valence-electron chi connectivity index (χ3n) is 4.10. The minimum absolute atomic E-state index is 0.232. The van der Waals surface area contributed by atoms with E-state index in [2.05, 4.69) is 15.7 Å². The maximum atomic E-state index is 11.9. The van der Waals surface area contributed by atoms with E-state index in [9.17, 15) is 9.90 Å². The summed E-state index contributed by atoms with van der Waals surface area (Å²) in [7, 11) is 0. The monoisotopic (exact) mass is 330 g/mol. The number of hydrogen-bond donors (Lipinski definition) is 3. The van der Waals surface area contributed by atoms with Crippen LogP contribution in [-0.4, -0.2) is 33.6 Å². The lowest BCUT2D eigenvalue weighted by atomic mass is 10.2. The van der Waals surface area contributed by atoms with Crippen LogP contribution in [0.5, 0.6) is 0 Å². The molecule has 1 atom stereocenters. The highest BCUT2D eigenvalue weighted by atomic mass is 16.3. The second kappa shape index (κ2) is 8.49. The first-order chi connectivity index (χ1) is 11.5. The lowest BCUT2D eigenvalue weighted by molar-refractivity contribution is 0.160. The quantitative estimate of drug-likeness (QED) is 0.729. The SMILES string of the molecule is CCC(O)CCNC(=O)NCc1c(C)nn(-c2ccccc2)c1C. The number of rotatable bonds is 7. The number of para-hydroxylation sites is 1. The number of urea groups is 1. The lowest BCUT2D eigenvalue weighted by Crippen LogP contribution is -2.36. The van der Waals surface area contributed by atoms with Gasteiger partial charge in [0.25, 0.3) is 0 Å². The smallest absolute Gasteiger partial charge is 0.315 e. The Labute approximate surface area is 142 Å². The van der Waals surface area contributed by atoms with E-state index in [4.69, 9.17) is 0 Å². The molecule has 0 spiro atoms. The zero-order valence-corrected chi connectivity index (χ0v) is 14.5. The third-order valence-corrected chi connectivity index (χ3v) is 4.10. The van der Waals surface area contributed by atoms with Crippen LogP contribution >= 0.6 is 0 Å². The van der Waals surface area contributed by atoms with Crippen molar-refractivity contribution in [3.63, 3.8) is 0 Å². The Hall–Kier alpha value is -2.34. The van der Waals surface area contributed by atoms with Gasteiger partial charge in [0.2, 0.25) is 0 Å². The van der Waals surface area contributed by atoms with E-state index in [0.29, 0.717) is 25.9 Å². The first-order valence-electron chi connectivity index (χ1n) is 8.33. The molecule has 1 aromatic carbocycles. The molecule has 0 aliphatic rings. The Morgan fingerprint density at radius 3 is 2.62 bits per heavy atom. The van der Waals surface area contributed by atoms with Gasteiger partial charge in [0, 0.05) is 24.3 Å². The van der Waals surface area contributed by atoms with Gasteiger partial charge in [-0.1, -0.05) is 25.1 Å². The zero-order valence-electron chi connectivity index (χ0n) is 14.5. The van der Waals surface area contributed by atoms with Gasteiger partial charge in [-0.05, 0) is 38.8 Å². The maximum absolute atomic E-state index is 11.9. The van der Waals surface area contributed by atoms with Gasteiger partial charge in [-0.25, -0.2) is 9.48 Å². The zero-order chi connectivity index (χ0) is 17.5. The van der Waals surface area contributed by atoms with Crippen molar-refractivity contribution in [3.05, 3.63) is 47.3 Å². The molecule has 0 bridgehead atoms. The average Bonchev–Trinajstić information content (AvgIpc) is 2.88. The fourth-order valence-electron chi connectivity index (χ4n) is 2.54. The summed E-state index contributed by atoms with van der Waals surface area (Å²) >= 11 is 0. The molecule has 0 aliphatic heterocycles. The topological polar surface area (TPSA) is 79.2 Å². The molecule has 3 N–H and O–H groups in total. The van der Waals surface area contributed by atoms with E-state index in [1.165, 1.54) is 0 Å². The molecule has 6 heteroatoms. The molecule has 1 heterocycles. The van der Waals surface area contributed by atoms with Crippen molar-refractivity contribution >= 4 is 6.03 Å². The van der Waals surface area contributed by atoms with Crippen LogP contribution in [-0.2, 0) is 6.54 Å². The highest BCUT2D eigenvalue weighted by molar-refractivity contribution is 5.73. The van der Waals surface area contributed by atoms with Crippen LogP contribution in [0.4, 0.5) is 4.79 Å². The van der Waals surface area contributed by atoms with Crippen LogP contribution in [0.25, 0.3) is 5.69 Å². The predicted octanol–water partition coefficient (Wildman–Crippen LogP) is 2.45. The highest BCUT2D eigenvalue weighted by Crippen LogP contribution is 2.17. The predicted molar refractivity (Wildman–Crippen MR) is 94.2 cm³/mol. The summed E-state index contributed by atoms with van der Waals surface area (Å²) in [5, 5.41) is 19.7. The first-order valence-corrected chi connectivity index (χ1v) is 8.33. The molecule has 130 valence electrons. The van der Waals surface area contributed by atoms with E-state index in [0.717, 1.165) is 22.6 Å². The van der Waals surface area contributed by atoms with E-state index >= 15 is 0 Å². The summed E-state index contributed by atoms with van der Waals surface area (Å²) in [4.78, 5) is 11.9. The number of benzene rings is 1. The minimum Gasteiger partial charge on any atom is -0.393 e. The van der Waals surface area contributed by atoms with Gasteiger partial charge in [0.05, 0.1) is 17.5 Å². The molecule has 0 radical (unpaired) electrons. The second-order valence-electron chi connectivity index (χ2n) is 5.86. The van der Waals surface area contributed by atoms with Crippen molar-refractivity contribution in [3.8, 4) is 5.69 Å². The number of aryl methyl sites for hydroxylation is 1. The number of aliphatic hydroxyl groups excluding tert-OH is 1.